The molecule has 29 heavy (non-hydrogen) atoms. The number of aliphatic hydroxyl groups is 1. The summed E-state index contributed by atoms with van der Waals surface area (Å²) in [6.45, 7) is 0. The molecule has 2 heterocycles. The van der Waals surface area contributed by atoms with Crippen LogP contribution in [0.25, 0.3) is 5.76 Å². The third kappa shape index (κ3) is 3.57. The van der Waals surface area contributed by atoms with Gasteiger partial charge in [-0.05, 0) is 45.8 Å². The number of Topliss-reactive ketones (excluding diaryl/α,β-unsaturated/α-hetero) is 1. The van der Waals surface area contributed by atoms with Gasteiger partial charge in [-0.15, -0.1) is 0 Å². The number of carbonyl (C=O) groups excluding carboxylic acids is 2. The van der Waals surface area contributed by atoms with E-state index in [2.05, 4.69) is 20.9 Å². The first-order valence-electron chi connectivity index (χ1n) is 8.71. The first-order chi connectivity index (χ1) is 14.0. The Morgan fingerprint density at radius 1 is 1.00 bits per heavy atom. The summed E-state index contributed by atoms with van der Waals surface area (Å²) in [7, 11) is 0. The quantitative estimate of drug-likeness (QED) is 0.328. The normalized spacial score (nSPS) is 18.3. The number of aromatic nitrogens is 1. The third-order valence-electron chi connectivity index (χ3n) is 4.64. The molecule has 5 nitrogen and oxygen atoms in total. The fourth-order valence-corrected chi connectivity index (χ4v) is 3.65. The maximum atomic E-state index is 12.9. The molecule has 0 saturated carbocycles. The summed E-state index contributed by atoms with van der Waals surface area (Å²) < 4.78 is 0.741. The molecule has 2 aromatic carbocycles. The largest absolute Gasteiger partial charge is 0.507 e. The molecule has 0 aliphatic carbocycles. The zero-order chi connectivity index (χ0) is 20.5. The Labute approximate surface area is 180 Å². The van der Waals surface area contributed by atoms with Gasteiger partial charge in [-0.3, -0.25) is 14.5 Å². The second-order valence-corrected chi connectivity index (χ2v) is 7.77. The number of hydrogen-bond acceptors (Lipinski definition) is 4. The van der Waals surface area contributed by atoms with E-state index in [9.17, 15) is 14.7 Å². The molecule has 1 aliphatic rings. The predicted octanol–water partition coefficient (Wildman–Crippen LogP) is 5.12. The van der Waals surface area contributed by atoms with Crippen LogP contribution in [0.1, 0.15) is 17.2 Å². The van der Waals surface area contributed by atoms with Gasteiger partial charge in [-0.2, -0.15) is 0 Å². The SMILES string of the molecule is O=C1C(=O)N(c2ccc(Br)cn2)[C@H](c2ccc(Cl)cc2)/C1=C(\O)c1ccccc1. The number of amides is 1. The predicted molar refractivity (Wildman–Crippen MR) is 115 cm³/mol. The second kappa shape index (κ2) is 7.81. The lowest BCUT2D eigenvalue weighted by atomic mass is 9.95. The monoisotopic (exact) mass is 468 g/mol. The Hall–Kier alpha value is -2.96. The standard InChI is InChI=1S/C22H14BrClN2O3/c23-15-8-11-17(25-12-15)26-19(13-6-9-16(24)10-7-13)18(21(28)22(26)29)20(27)14-4-2-1-3-5-14/h1-12,19,27H/b20-18+/t19-/m1/s1. The van der Waals surface area contributed by atoms with Crippen molar-refractivity contribution in [3.8, 4) is 0 Å². The average Bonchev–Trinajstić information content (AvgIpc) is 3.00. The molecule has 7 heteroatoms. The van der Waals surface area contributed by atoms with Crippen molar-refractivity contribution in [3.05, 3.63) is 99.1 Å². The fraction of sp³-hybridized carbons (Fsp3) is 0.0455. The van der Waals surface area contributed by atoms with E-state index in [1.807, 2.05) is 0 Å². The summed E-state index contributed by atoms with van der Waals surface area (Å²) >= 11 is 9.33. The van der Waals surface area contributed by atoms with Crippen molar-refractivity contribution in [2.24, 2.45) is 0 Å². The Morgan fingerprint density at radius 2 is 1.69 bits per heavy atom. The van der Waals surface area contributed by atoms with Gasteiger partial charge < -0.3 is 5.11 Å². The number of aliphatic hydroxyl groups excluding tert-OH is 1. The number of pyridine rings is 1. The number of nitrogens with zero attached hydrogens (tertiary/aromatic N) is 2. The van der Waals surface area contributed by atoms with Crippen LogP contribution >= 0.6 is 27.5 Å². The van der Waals surface area contributed by atoms with Gasteiger partial charge in [-0.25, -0.2) is 4.98 Å². The van der Waals surface area contributed by atoms with Gasteiger partial charge in [0.05, 0.1) is 11.6 Å². The molecule has 0 spiro atoms. The van der Waals surface area contributed by atoms with Crippen LogP contribution in [0.15, 0.2) is 83.0 Å². The van der Waals surface area contributed by atoms with Gasteiger partial charge in [0.2, 0.25) is 0 Å². The van der Waals surface area contributed by atoms with Gasteiger partial charge in [0, 0.05) is 21.3 Å². The maximum Gasteiger partial charge on any atom is 0.301 e. The van der Waals surface area contributed by atoms with Crippen LogP contribution < -0.4 is 4.90 Å². The molecule has 1 saturated heterocycles. The highest BCUT2D eigenvalue weighted by atomic mass is 79.9. The first-order valence-corrected chi connectivity index (χ1v) is 9.88. The van der Waals surface area contributed by atoms with Crippen LogP contribution in [0.4, 0.5) is 5.82 Å². The zero-order valence-corrected chi connectivity index (χ0v) is 17.3. The van der Waals surface area contributed by atoms with Crippen molar-refractivity contribution in [1.82, 2.24) is 4.98 Å². The van der Waals surface area contributed by atoms with Crippen molar-refractivity contribution in [3.63, 3.8) is 0 Å². The lowest BCUT2D eigenvalue weighted by Gasteiger charge is -2.24. The molecule has 3 aromatic rings. The molecule has 1 amide bonds. The fourth-order valence-electron chi connectivity index (χ4n) is 3.29. The Balaban J connectivity index is 1.94. The molecule has 1 fully saturated rings. The summed E-state index contributed by atoms with van der Waals surface area (Å²) in [6.07, 6.45) is 1.55. The van der Waals surface area contributed by atoms with Gasteiger partial charge in [0.15, 0.2) is 0 Å². The third-order valence-corrected chi connectivity index (χ3v) is 5.36. The molecule has 0 radical (unpaired) electrons. The number of hydrogen-bond donors (Lipinski definition) is 1. The average molecular weight is 470 g/mol. The minimum absolute atomic E-state index is 0.00763. The van der Waals surface area contributed by atoms with Gasteiger partial charge in [-0.1, -0.05) is 54.1 Å². The van der Waals surface area contributed by atoms with E-state index in [1.54, 1.807) is 72.9 Å². The van der Waals surface area contributed by atoms with E-state index in [0.717, 1.165) is 4.47 Å². The molecular weight excluding hydrogens is 456 g/mol. The zero-order valence-electron chi connectivity index (χ0n) is 14.9. The van der Waals surface area contributed by atoms with Crippen LogP contribution in [0.2, 0.25) is 5.02 Å². The molecule has 1 atom stereocenters. The number of rotatable bonds is 3. The number of anilines is 1. The van der Waals surface area contributed by atoms with E-state index < -0.39 is 17.7 Å². The van der Waals surface area contributed by atoms with Crippen molar-refractivity contribution in [1.29, 1.82) is 0 Å². The smallest absolute Gasteiger partial charge is 0.301 e. The summed E-state index contributed by atoms with van der Waals surface area (Å²) in [5.74, 6) is -1.45. The van der Waals surface area contributed by atoms with Crippen molar-refractivity contribution in [2.75, 3.05) is 4.90 Å². The Morgan fingerprint density at radius 3 is 2.31 bits per heavy atom. The molecule has 1 aliphatic heterocycles. The van der Waals surface area contributed by atoms with E-state index >= 15 is 0 Å². The van der Waals surface area contributed by atoms with E-state index in [-0.39, 0.29) is 11.3 Å². The van der Waals surface area contributed by atoms with Gasteiger partial charge in [0.25, 0.3) is 5.78 Å². The lowest BCUT2D eigenvalue weighted by molar-refractivity contribution is -0.132. The van der Waals surface area contributed by atoms with Crippen LogP contribution in [-0.4, -0.2) is 21.8 Å². The lowest BCUT2D eigenvalue weighted by Crippen LogP contribution is -2.30. The highest BCUT2D eigenvalue weighted by molar-refractivity contribution is 9.10. The van der Waals surface area contributed by atoms with Crippen LogP contribution in [0, 0.1) is 0 Å². The maximum absolute atomic E-state index is 12.9. The Kier molecular flexibility index (Phi) is 5.22. The van der Waals surface area contributed by atoms with E-state index in [1.165, 1.54) is 4.90 Å². The van der Waals surface area contributed by atoms with Crippen LogP contribution in [0.3, 0.4) is 0 Å². The summed E-state index contributed by atoms with van der Waals surface area (Å²) in [5, 5.41) is 11.5. The van der Waals surface area contributed by atoms with Crippen molar-refractivity contribution in [2.45, 2.75) is 6.04 Å². The summed E-state index contributed by atoms with van der Waals surface area (Å²) in [5.41, 5.74) is 1.09. The summed E-state index contributed by atoms with van der Waals surface area (Å²) in [6, 6.07) is 18.0. The minimum atomic E-state index is -0.832. The highest BCUT2D eigenvalue weighted by Crippen LogP contribution is 2.41. The number of benzene rings is 2. The van der Waals surface area contributed by atoms with Crippen molar-refractivity contribution >= 4 is 50.8 Å². The van der Waals surface area contributed by atoms with Crippen LogP contribution in [0.5, 0.6) is 0 Å². The number of ketones is 1. The molecule has 1 aromatic heterocycles. The minimum Gasteiger partial charge on any atom is -0.507 e. The van der Waals surface area contributed by atoms with E-state index in [0.29, 0.717) is 22.0 Å². The Bertz CT molecular complexity index is 1110. The molecule has 0 bridgehead atoms. The summed E-state index contributed by atoms with van der Waals surface area (Å²) in [4.78, 5) is 31.5. The second-order valence-electron chi connectivity index (χ2n) is 6.42. The molecule has 0 unspecified atom stereocenters. The number of carbonyl (C=O) groups is 2. The molecule has 1 N–H and O–H groups in total. The molecule has 4 rings (SSSR count). The molecule has 144 valence electrons. The van der Waals surface area contributed by atoms with Gasteiger partial charge in [0.1, 0.15) is 11.6 Å². The number of halogens is 2. The van der Waals surface area contributed by atoms with Crippen molar-refractivity contribution < 1.29 is 14.7 Å². The first kappa shape index (κ1) is 19.4. The van der Waals surface area contributed by atoms with Gasteiger partial charge >= 0.3 is 5.91 Å². The molecular formula is C22H14BrClN2O3. The van der Waals surface area contributed by atoms with E-state index in [4.69, 9.17) is 11.6 Å². The topological polar surface area (TPSA) is 70.5 Å². The highest BCUT2D eigenvalue weighted by Gasteiger charge is 2.47. The van der Waals surface area contributed by atoms with Crippen LogP contribution in [-0.2, 0) is 9.59 Å².